The Hall–Kier alpha value is -3.02. The van der Waals surface area contributed by atoms with Gasteiger partial charge in [0.1, 0.15) is 11.8 Å². The third-order valence-electron chi connectivity index (χ3n) is 5.28. The molecule has 1 atom stereocenters. The van der Waals surface area contributed by atoms with E-state index in [0.717, 1.165) is 16.7 Å². The summed E-state index contributed by atoms with van der Waals surface area (Å²) in [6.45, 7) is 1.90. The Kier molecular flexibility index (Phi) is 8.75. The lowest BCUT2D eigenvalue weighted by atomic mass is 10.0. The van der Waals surface area contributed by atoms with Crippen LogP contribution in [0.4, 0.5) is 0 Å². The van der Waals surface area contributed by atoms with E-state index in [0.29, 0.717) is 22.2 Å². The minimum Gasteiger partial charge on any atom is -0.484 e. The molecule has 2 amide bonds. The zero-order valence-corrected chi connectivity index (χ0v) is 20.1. The van der Waals surface area contributed by atoms with Crippen molar-refractivity contribution in [2.45, 2.75) is 25.9 Å². The molecular weight excluding hydrogens is 459 g/mol. The van der Waals surface area contributed by atoms with Gasteiger partial charge in [-0.3, -0.25) is 9.59 Å². The van der Waals surface area contributed by atoms with Gasteiger partial charge >= 0.3 is 0 Å². The van der Waals surface area contributed by atoms with E-state index in [2.05, 4.69) is 5.32 Å². The second-order valence-corrected chi connectivity index (χ2v) is 8.51. The first-order valence-electron chi connectivity index (χ1n) is 10.6. The van der Waals surface area contributed by atoms with Crippen LogP contribution in [0.3, 0.4) is 0 Å². The van der Waals surface area contributed by atoms with Gasteiger partial charge in [0, 0.05) is 30.1 Å². The van der Waals surface area contributed by atoms with Crippen LogP contribution >= 0.6 is 23.2 Å². The average molecular weight is 485 g/mol. The first kappa shape index (κ1) is 24.6. The van der Waals surface area contributed by atoms with Crippen LogP contribution in [0.15, 0.2) is 72.8 Å². The minimum atomic E-state index is -0.712. The van der Waals surface area contributed by atoms with Crippen molar-refractivity contribution in [3.05, 3.63) is 99.5 Å². The van der Waals surface area contributed by atoms with Crippen molar-refractivity contribution in [1.82, 2.24) is 10.2 Å². The number of ether oxygens (including phenoxy) is 1. The van der Waals surface area contributed by atoms with Crippen LogP contribution in [0.1, 0.15) is 16.7 Å². The molecule has 0 fully saturated rings. The number of nitrogens with one attached hydrogen (secondary N) is 1. The summed E-state index contributed by atoms with van der Waals surface area (Å²) in [7, 11) is 1.57. The van der Waals surface area contributed by atoms with E-state index in [1.807, 2.05) is 49.4 Å². The summed E-state index contributed by atoms with van der Waals surface area (Å²) in [5.41, 5.74) is 2.67. The molecule has 7 heteroatoms. The van der Waals surface area contributed by atoms with Crippen LogP contribution in [-0.4, -0.2) is 36.4 Å². The highest BCUT2D eigenvalue weighted by Crippen LogP contribution is 2.22. The Labute approximate surface area is 204 Å². The van der Waals surface area contributed by atoms with E-state index in [1.54, 1.807) is 42.3 Å². The third kappa shape index (κ3) is 6.98. The van der Waals surface area contributed by atoms with Crippen molar-refractivity contribution >= 4 is 35.0 Å². The first-order valence-corrected chi connectivity index (χ1v) is 11.3. The Bertz CT molecular complexity index is 1090. The van der Waals surface area contributed by atoms with Gasteiger partial charge in [0.25, 0.3) is 5.91 Å². The Morgan fingerprint density at radius 3 is 2.30 bits per heavy atom. The monoisotopic (exact) mass is 484 g/mol. The maximum absolute atomic E-state index is 13.4. The van der Waals surface area contributed by atoms with Crippen molar-refractivity contribution in [2.75, 3.05) is 13.7 Å². The number of hydrogen-bond acceptors (Lipinski definition) is 3. The standard InChI is InChI=1S/C26H26Cl2N2O3/c1-18-14-22(12-13-23(18)28)33-17-25(31)30(16-20-8-10-21(27)11-9-20)24(26(32)29-2)15-19-6-4-3-5-7-19/h3-14,24H,15-17H2,1-2H3,(H,29,32). The minimum absolute atomic E-state index is 0.211. The van der Waals surface area contributed by atoms with Crippen molar-refractivity contribution in [3.63, 3.8) is 0 Å². The molecule has 0 aromatic heterocycles. The number of carbonyl (C=O) groups excluding carboxylic acids is 2. The Morgan fingerprint density at radius 1 is 0.970 bits per heavy atom. The maximum Gasteiger partial charge on any atom is 0.261 e. The topological polar surface area (TPSA) is 58.6 Å². The van der Waals surface area contributed by atoms with E-state index >= 15 is 0 Å². The molecule has 1 unspecified atom stereocenters. The molecule has 1 N–H and O–H groups in total. The molecule has 0 saturated heterocycles. The fraction of sp³-hybridized carbons (Fsp3) is 0.231. The largest absolute Gasteiger partial charge is 0.484 e. The van der Waals surface area contributed by atoms with E-state index in [4.69, 9.17) is 27.9 Å². The summed E-state index contributed by atoms with van der Waals surface area (Å²) in [5.74, 6) is -0.0122. The Balaban J connectivity index is 1.86. The summed E-state index contributed by atoms with van der Waals surface area (Å²) in [6.07, 6.45) is 0.375. The van der Waals surface area contributed by atoms with E-state index in [9.17, 15) is 9.59 Å². The lowest BCUT2D eigenvalue weighted by Gasteiger charge is -2.31. The lowest BCUT2D eigenvalue weighted by molar-refractivity contribution is -0.142. The smallest absolute Gasteiger partial charge is 0.261 e. The van der Waals surface area contributed by atoms with Gasteiger partial charge in [-0.25, -0.2) is 0 Å². The number of carbonyl (C=O) groups is 2. The molecule has 5 nitrogen and oxygen atoms in total. The van der Waals surface area contributed by atoms with Crippen LogP contribution < -0.4 is 10.1 Å². The average Bonchev–Trinajstić information content (AvgIpc) is 2.83. The zero-order chi connectivity index (χ0) is 23.8. The number of benzene rings is 3. The van der Waals surface area contributed by atoms with Gasteiger partial charge in [0.2, 0.25) is 5.91 Å². The highest BCUT2D eigenvalue weighted by molar-refractivity contribution is 6.31. The Morgan fingerprint density at radius 2 is 1.67 bits per heavy atom. The highest BCUT2D eigenvalue weighted by atomic mass is 35.5. The molecule has 172 valence electrons. The fourth-order valence-electron chi connectivity index (χ4n) is 3.44. The number of aryl methyl sites for hydroxylation is 1. The van der Waals surface area contributed by atoms with E-state index in [-0.39, 0.29) is 25.0 Å². The summed E-state index contributed by atoms with van der Waals surface area (Å²) < 4.78 is 5.75. The van der Waals surface area contributed by atoms with Gasteiger partial charge in [0.15, 0.2) is 6.61 Å². The molecule has 0 aliphatic heterocycles. The van der Waals surface area contributed by atoms with E-state index in [1.165, 1.54) is 0 Å². The highest BCUT2D eigenvalue weighted by Gasteiger charge is 2.30. The molecule has 0 bridgehead atoms. The summed E-state index contributed by atoms with van der Waals surface area (Å²) in [4.78, 5) is 27.8. The normalized spacial score (nSPS) is 11.5. The van der Waals surface area contributed by atoms with Gasteiger partial charge < -0.3 is 15.0 Å². The van der Waals surface area contributed by atoms with Crippen molar-refractivity contribution in [3.8, 4) is 5.75 Å². The fourth-order valence-corrected chi connectivity index (χ4v) is 3.69. The second kappa shape index (κ2) is 11.7. The second-order valence-electron chi connectivity index (χ2n) is 7.67. The number of likely N-dealkylation sites (N-methyl/N-ethyl adjacent to an activating group) is 1. The van der Waals surface area contributed by atoms with Crippen LogP contribution in [0.25, 0.3) is 0 Å². The predicted octanol–water partition coefficient (Wildman–Crippen LogP) is 5.07. The lowest BCUT2D eigenvalue weighted by Crippen LogP contribution is -2.51. The quantitative estimate of drug-likeness (QED) is 0.461. The predicted molar refractivity (Wildman–Crippen MR) is 132 cm³/mol. The molecule has 0 heterocycles. The van der Waals surface area contributed by atoms with Crippen molar-refractivity contribution in [2.24, 2.45) is 0 Å². The zero-order valence-electron chi connectivity index (χ0n) is 18.6. The van der Waals surface area contributed by atoms with Gasteiger partial charge in [-0.05, 0) is 53.9 Å². The summed E-state index contributed by atoms with van der Waals surface area (Å²) in [6, 6.07) is 21.3. The van der Waals surface area contributed by atoms with Gasteiger partial charge in [-0.15, -0.1) is 0 Å². The van der Waals surface area contributed by atoms with Crippen LogP contribution in [0.2, 0.25) is 10.0 Å². The molecule has 0 radical (unpaired) electrons. The molecule has 3 rings (SSSR count). The third-order valence-corrected chi connectivity index (χ3v) is 5.95. The number of halogens is 2. The molecule has 0 aliphatic rings. The first-order chi connectivity index (χ1) is 15.9. The number of nitrogens with zero attached hydrogens (tertiary/aromatic N) is 1. The molecule has 33 heavy (non-hydrogen) atoms. The number of hydrogen-bond donors (Lipinski definition) is 1. The number of rotatable bonds is 9. The molecule has 0 spiro atoms. The summed E-state index contributed by atoms with van der Waals surface area (Å²) >= 11 is 12.1. The van der Waals surface area contributed by atoms with Gasteiger partial charge in [-0.1, -0.05) is 65.7 Å². The van der Waals surface area contributed by atoms with Gasteiger partial charge in [-0.2, -0.15) is 0 Å². The summed E-state index contributed by atoms with van der Waals surface area (Å²) in [5, 5.41) is 3.92. The molecule has 3 aromatic carbocycles. The van der Waals surface area contributed by atoms with E-state index < -0.39 is 6.04 Å². The molecule has 3 aromatic rings. The molecule has 0 aliphatic carbocycles. The van der Waals surface area contributed by atoms with Crippen molar-refractivity contribution in [1.29, 1.82) is 0 Å². The van der Waals surface area contributed by atoms with Crippen LogP contribution in [-0.2, 0) is 22.6 Å². The van der Waals surface area contributed by atoms with Gasteiger partial charge in [0.05, 0.1) is 0 Å². The van der Waals surface area contributed by atoms with Crippen LogP contribution in [0, 0.1) is 6.92 Å². The van der Waals surface area contributed by atoms with Crippen molar-refractivity contribution < 1.29 is 14.3 Å². The molecule has 0 saturated carbocycles. The van der Waals surface area contributed by atoms with Crippen LogP contribution in [0.5, 0.6) is 5.75 Å². The molecular formula is C26H26Cl2N2O3. The number of amides is 2. The SMILES string of the molecule is CNC(=O)C(Cc1ccccc1)N(Cc1ccc(Cl)cc1)C(=O)COc1ccc(Cl)c(C)c1. The maximum atomic E-state index is 13.4.